The van der Waals surface area contributed by atoms with Crippen LogP contribution in [0.5, 0.6) is 5.75 Å². The maximum absolute atomic E-state index is 13.8. The van der Waals surface area contributed by atoms with E-state index in [9.17, 15) is 35.0 Å². The van der Waals surface area contributed by atoms with Crippen molar-refractivity contribution in [2.24, 2.45) is 17.8 Å². The summed E-state index contributed by atoms with van der Waals surface area (Å²) in [6, 6.07) is 19.8. The van der Waals surface area contributed by atoms with E-state index in [4.69, 9.17) is 0 Å². The van der Waals surface area contributed by atoms with E-state index >= 15 is 0 Å². The van der Waals surface area contributed by atoms with Gasteiger partial charge in [0.15, 0.2) is 0 Å². The van der Waals surface area contributed by atoms with Gasteiger partial charge in [-0.2, -0.15) is 0 Å². The van der Waals surface area contributed by atoms with Crippen LogP contribution in [0.2, 0.25) is 0 Å². The smallest absolute Gasteiger partial charge is 0.488 e. The second-order valence-electron chi connectivity index (χ2n) is 12.1. The number of aromatic hydroxyl groups is 1. The van der Waals surface area contributed by atoms with Gasteiger partial charge in [0.05, 0.1) is 30.2 Å². The topological polar surface area (TPSA) is 139 Å². The molecule has 234 valence electrons. The number of aliphatic hydroxyl groups is 2. The quantitative estimate of drug-likeness (QED) is 0.102. The number of hydrogen-bond donors (Lipinski definition) is 5. The first kappa shape index (κ1) is 32.4. The van der Waals surface area contributed by atoms with Crippen LogP contribution in [0.25, 0.3) is 11.6 Å². The monoisotopic (exact) mass is 609 g/mol. The second-order valence-corrected chi connectivity index (χ2v) is 12.1. The van der Waals surface area contributed by atoms with E-state index in [2.05, 4.69) is 6.08 Å². The Hall–Kier alpha value is -4.02. The molecule has 8 nitrogen and oxygen atoms in total. The van der Waals surface area contributed by atoms with Gasteiger partial charge in [0.2, 0.25) is 11.8 Å². The zero-order valence-electron chi connectivity index (χ0n) is 25.9. The van der Waals surface area contributed by atoms with Crippen LogP contribution < -0.4 is 10.4 Å². The molecule has 3 aromatic carbocycles. The number of anilines is 1. The molecule has 1 fully saturated rings. The Morgan fingerprint density at radius 3 is 2.31 bits per heavy atom. The third-order valence-electron chi connectivity index (χ3n) is 9.28. The van der Waals surface area contributed by atoms with Crippen LogP contribution in [-0.4, -0.2) is 57.0 Å². The highest BCUT2D eigenvalue weighted by atomic mass is 16.4. The lowest BCUT2D eigenvalue weighted by Gasteiger charge is -2.36. The normalized spacial score (nSPS) is 20.9. The number of carbonyl (C=O) groups is 2. The summed E-state index contributed by atoms with van der Waals surface area (Å²) < 4.78 is 0. The summed E-state index contributed by atoms with van der Waals surface area (Å²) >= 11 is 0. The summed E-state index contributed by atoms with van der Waals surface area (Å²) in [5, 5.41) is 51.9. The lowest BCUT2D eigenvalue weighted by Crippen LogP contribution is -2.39. The fourth-order valence-corrected chi connectivity index (χ4v) is 7.05. The summed E-state index contributed by atoms with van der Waals surface area (Å²) in [7, 11) is -1.75. The molecule has 45 heavy (non-hydrogen) atoms. The van der Waals surface area contributed by atoms with E-state index < -0.39 is 43.5 Å². The number of rotatable bonds is 10. The third-order valence-corrected chi connectivity index (χ3v) is 9.28. The Kier molecular flexibility index (Phi) is 9.75. The summed E-state index contributed by atoms with van der Waals surface area (Å²) in [6.45, 7) is 5.27. The van der Waals surface area contributed by atoms with Crippen molar-refractivity contribution in [2.45, 2.75) is 52.6 Å². The number of phenols is 1. The van der Waals surface area contributed by atoms with Gasteiger partial charge >= 0.3 is 7.12 Å². The summed E-state index contributed by atoms with van der Waals surface area (Å²) in [4.78, 5) is 28.6. The molecule has 5 N–H and O–H groups in total. The average Bonchev–Trinajstić information content (AvgIpc) is 3.29. The molecule has 0 aromatic heterocycles. The first-order valence-corrected chi connectivity index (χ1v) is 15.5. The number of hydrogen-bond acceptors (Lipinski definition) is 7. The van der Waals surface area contributed by atoms with E-state index in [0.29, 0.717) is 31.3 Å². The average molecular weight is 610 g/mol. The number of aliphatic hydroxyl groups excluding tert-OH is 2. The molecule has 3 aromatic rings. The second kappa shape index (κ2) is 13.5. The van der Waals surface area contributed by atoms with Gasteiger partial charge in [-0.3, -0.25) is 14.5 Å². The van der Waals surface area contributed by atoms with E-state index in [0.717, 1.165) is 38.3 Å². The SMILES string of the molecule is CCC1=C([C@H](O)CC/C(=C/c2cc(C)c(O)c(C)c2)c2ccccc2)[C@H](CO)[C@@H]2C(=O)N(c3cccc(B(O)O)c3)C(=O)[C@@H]2C1. The number of carbonyl (C=O) groups excluding carboxylic acids is 2. The Labute approximate surface area is 264 Å². The van der Waals surface area contributed by atoms with Crippen molar-refractivity contribution in [3.8, 4) is 5.75 Å². The van der Waals surface area contributed by atoms with Crippen LogP contribution in [0.15, 0.2) is 77.9 Å². The lowest BCUT2D eigenvalue weighted by molar-refractivity contribution is -0.123. The molecule has 4 atom stereocenters. The standard InChI is InChI=1S/C36H40BNO7/c1-4-24-18-29-33(36(43)38(35(29)42)28-12-8-11-27(19-28)37(44)45)30(20-39)32(24)31(40)14-13-26(25-9-6-5-7-10-25)17-23-15-21(2)34(41)22(3)16-23/h5-12,15-17,19,29-31,33,39-41,44-45H,4,13-14,18,20H2,1-3H3/b26-17-/t29-,30+,31-,33-/m1/s1. The van der Waals surface area contributed by atoms with E-state index in [1.165, 1.54) is 12.1 Å². The Bertz CT molecular complexity index is 1630. The Balaban J connectivity index is 1.44. The van der Waals surface area contributed by atoms with Crippen LogP contribution >= 0.6 is 0 Å². The highest BCUT2D eigenvalue weighted by Crippen LogP contribution is 2.48. The van der Waals surface area contributed by atoms with Crippen LogP contribution in [0.1, 0.15) is 54.9 Å². The van der Waals surface area contributed by atoms with Crippen LogP contribution in [0, 0.1) is 31.6 Å². The molecule has 1 aliphatic heterocycles. The molecule has 2 aliphatic rings. The summed E-state index contributed by atoms with van der Waals surface area (Å²) in [6.07, 6.45) is 2.83. The van der Waals surface area contributed by atoms with Gasteiger partial charge < -0.3 is 25.4 Å². The minimum Gasteiger partial charge on any atom is -0.507 e. The number of fused-ring (bicyclic) bond motifs is 1. The van der Waals surface area contributed by atoms with Gasteiger partial charge in [0.25, 0.3) is 0 Å². The maximum Gasteiger partial charge on any atom is 0.488 e. The van der Waals surface area contributed by atoms with E-state index in [-0.39, 0.29) is 22.8 Å². The maximum atomic E-state index is 13.8. The fourth-order valence-electron chi connectivity index (χ4n) is 7.05. The number of benzene rings is 3. The van der Waals surface area contributed by atoms with Crippen LogP contribution in [0.3, 0.4) is 0 Å². The van der Waals surface area contributed by atoms with Gasteiger partial charge in [-0.25, -0.2) is 0 Å². The highest BCUT2D eigenvalue weighted by Gasteiger charge is 2.55. The van der Waals surface area contributed by atoms with Crippen molar-refractivity contribution >= 4 is 41.7 Å². The Morgan fingerprint density at radius 1 is 1.00 bits per heavy atom. The first-order valence-electron chi connectivity index (χ1n) is 15.5. The Morgan fingerprint density at radius 2 is 1.69 bits per heavy atom. The summed E-state index contributed by atoms with van der Waals surface area (Å²) in [5.74, 6) is -2.82. The number of imide groups is 1. The number of nitrogens with zero attached hydrogens (tertiary/aromatic N) is 1. The van der Waals surface area contributed by atoms with Gasteiger partial charge in [-0.05, 0) is 103 Å². The molecular weight excluding hydrogens is 569 g/mol. The lowest BCUT2D eigenvalue weighted by atomic mass is 9.67. The predicted octanol–water partition coefficient (Wildman–Crippen LogP) is 3.90. The largest absolute Gasteiger partial charge is 0.507 e. The summed E-state index contributed by atoms with van der Waals surface area (Å²) in [5.41, 5.74) is 6.40. The van der Waals surface area contributed by atoms with Crippen molar-refractivity contribution in [3.63, 3.8) is 0 Å². The zero-order valence-corrected chi connectivity index (χ0v) is 25.9. The van der Waals surface area contributed by atoms with Crippen molar-refractivity contribution in [1.29, 1.82) is 0 Å². The number of aryl methyl sites for hydroxylation is 2. The fraction of sp³-hybridized carbons (Fsp3) is 0.333. The molecule has 0 radical (unpaired) electrons. The first-order chi connectivity index (χ1) is 21.5. The molecular formula is C36H40BNO7. The van der Waals surface area contributed by atoms with Gasteiger partial charge in [0, 0.05) is 5.92 Å². The van der Waals surface area contributed by atoms with Crippen molar-refractivity contribution in [3.05, 3.63) is 100 Å². The molecule has 1 saturated heterocycles. The molecule has 1 aliphatic carbocycles. The van der Waals surface area contributed by atoms with E-state index in [1.54, 1.807) is 12.1 Å². The van der Waals surface area contributed by atoms with Crippen molar-refractivity contribution in [1.82, 2.24) is 0 Å². The molecule has 0 spiro atoms. The molecule has 1 heterocycles. The minimum absolute atomic E-state index is 0.157. The highest BCUT2D eigenvalue weighted by molar-refractivity contribution is 6.58. The molecule has 0 saturated carbocycles. The molecule has 0 bridgehead atoms. The van der Waals surface area contributed by atoms with E-state index in [1.807, 2.05) is 63.2 Å². The van der Waals surface area contributed by atoms with Gasteiger partial charge in [-0.1, -0.05) is 61.0 Å². The van der Waals surface area contributed by atoms with Gasteiger partial charge in [0.1, 0.15) is 5.75 Å². The number of phenolic OH excluding ortho intramolecular Hbond substituents is 1. The van der Waals surface area contributed by atoms with Crippen molar-refractivity contribution in [2.75, 3.05) is 11.5 Å². The zero-order chi connectivity index (χ0) is 32.4. The third kappa shape index (κ3) is 6.39. The minimum atomic E-state index is -1.75. The van der Waals surface area contributed by atoms with Gasteiger partial charge in [-0.15, -0.1) is 0 Å². The predicted molar refractivity (Wildman–Crippen MR) is 175 cm³/mol. The molecule has 5 rings (SSSR count). The molecule has 0 unspecified atom stereocenters. The van der Waals surface area contributed by atoms with Crippen LogP contribution in [-0.2, 0) is 9.59 Å². The van der Waals surface area contributed by atoms with Crippen molar-refractivity contribution < 1.29 is 35.0 Å². The van der Waals surface area contributed by atoms with Crippen LogP contribution in [0.4, 0.5) is 5.69 Å². The molecule has 9 heteroatoms. The molecule has 2 amide bonds. The number of allylic oxidation sites excluding steroid dienone is 2. The number of amides is 2.